The van der Waals surface area contributed by atoms with E-state index >= 15 is 0 Å². The number of benzene rings is 1. The molecule has 0 aliphatic heterocycles. The van der Waals surface area contributed by atoms with E-state index in [1.54, 1.807) is 43.0 Å². The van der Waals surface area contributed by atoms with Gasteiger partial charge in [0.2, 0.25) is 0 Å². The van der Waals surface area contributed by atoms with E-state index in [4.69, 9.17) is 0 Å². The standard InChI is InChI=1S/C19H15N5O/c25-19(23-17-5-1-2-10-20-17)15-8-6-14(7-9-15)12-24-13-22-16-4-3-11-21-18(16)24/h1-11,13H,12H2,(H,20,23,25). The molecule has 0 fully saturated rings. The van der Waals surface area contributed by atoms with Crippen LogP contribution >= 0.6 is 0 Å². The summed E-state index contributed by atoms with van der Waals surface area (Å²) in [5.74, 6) is 0.354. The van der Waals surface area contributed by atoms with Gasteiger partial charge in [-0.25, -0.2) is 15.0 Å². The highest BCUT2D eigenvalue weighted by Gasteiger charge is 2.08. The smallest absolute Gasteiger partial charge is 0.256 e. The molecule has 4 rings (SSSR count). The third-order valence-corrected chi connectivity index (χ3v) is 3.85. The summed E-state index contributed by atoms with van der Waals surface area (Å²) in [6.45, 7) is 0.648. The first-order valence-electron chi connectivity index (χ1n) is 7.87. The summed E-state index contributed by atoms with van der Waals surface area (Å²) in [6, 6.07) is 16.7. The first-order valence-corrected chi connectivity index (χ1v) is 7.87. The van der Waals surface area contributed by atoms with Crippen molar-refractivity contribution in [3.05, 3.63) is 84.4 Å². The molecule has 0 radical (unpaired) electrons. The second-order valence-electron chi connectivity index (χ2n) is 5.58. The molecule has 6 nitrogen and oxygen atoms in total. The molecular weight excluding hydrogens is 314 g/mol. The molecule has 0 saturated carbocycles. The van der Waals surface area contributed by atoms with E-state index in [1.807, 2.05) is 34.9 Å². The number of hydrogen-bond acceptors (Lipinski definition) is 4. The molecular formula is C19H15N5O. The number of rotatable bonds is 4. The Morgan fingerprint density at radius 1 is 0.920 bits per heavy atom. The number of pyridine rings is 2. The van der Waals surface area contributed by atoms with Crippen LogP contribution in [0.4, 0.5) is 5.82 Å². The van der Waals surface area contributed by atoms with Crippen LogP contribution in [0.1, 0.15) is 15.9 Å². The Labute approximate surface area is 144 Å². The minimum Gasteiger partial charge on any atom is -0.311 e. The lowest BCUT2D eigenvalue weighted by Gasteiger charge is -2.07. The maximum Gasteiger partial charge on any atom is 0.256 e. The number of nitrogens with one attached hydrogen (secondary N) is 1. The fourth-order valence-corrected chi connectivity index (χ4v) is 2.60. The van der Waals surface area contributed by atoms with E-state index in [1.165, 1.54) is 0 Å². The Kier molecular flexibility index (Phi) is 3.92. The first kappa shape index (κ1) is 15.0. The number of nitrogens with zero attached hydrogens (tertiary/aromatic N) is 4. The molecule has 0 aliphatic carbocycles. The number of carbonyl (C=O) groups is 1. The number of aromatic nitrogens is 4. The normalized spacial score (nSPS) is 10.7. The second kappa shape index (κ2) is 6.52. The Bertz CT molecular complexity index is 1010. The minimum absolute atomic E-state index is 0.181. The maximum atomic E-state index is 12.2. The SMILES string of the molecule is O=C(Nc1ccccn1)c1ccc(Cn2cnc3cccnc32)cc1. The quantitative estimate of drug-likeness (QED) is 0.624. The second-order valence-corrected chi connectivity index (χ2v) is 5.58. The van der Waals surface area contributed by atoms with Gasteiger partial charge in [0.1, 0.15) is 11.3 Å². The molecule has 1 aromatic carbocycles. The van der Waals surface area contributed by atoms with Crippen LogP contribution in [-0.4, -0.2) is 25.4 Å². The van der Waals surface area contributed by atoms with Gasteiger partial charge >= 0.3 is 0 Å². The van der Waals surface area contributed by atoms with E-state index in [-0.39, 0.29) is 5.91 Å². The van der Waals surface area contributed by atoms with Crippen LogP contribution in [0.2, 0.25) is 0 Å². The molecule has 0 spiro atoms. The van der Waals surface area contributed by atoms with Crippen LogP contribution in [-0.2, 0) is 6.54 Å². The molecule has 1 N–H and O–H groups in total. The van der Waals surface area contributed by atoms with Gasteiger partial charge in [-0.1, -0.05) is 18.2 Å². The number of amides is 1. The molecule has 0 aliphatic rings. The monoisotopic (exact) mass is 329 g/mol. The number of imidazole rings is 1. The zero-order chi connectivity index (χ0) is 17.1. The summed E-state index contributed by atoms with van der Waals surface area (Å²) in [6.07, 6.45) is 5.17. The van der Waals surface area contributed by atoms with Crippen molar-refractivity contribution in [3.8, 4) is 0 Å². The van der Waals surface area contributed by atoms with E-state index in [2.05, 4.69) is 20.3 Å². The van der Waals surface area contributed by atoms with Gasteiger partial charge < -0.3 is 9.88 Å². The van der Waals surface area contributed by atoms with E-state index in [9.17, 15) is 4.79 Å². The summed E-state index contributed by atoms with van der Waals surface area (Å²) in [5.41, 5.74) is 3.37. The van der Waals surface area contributed by atoms with E-state index in [0.717, 1.165) is 16.7 Å². The van der Waals surface area contributed by atoms with Crippen LogP contribution in [0.5, 0.6) is 0 Å². The highest BCUT2D eigenvalue weighted by atomic mass is 16.1. The average molecular weight is 329 g/mol. The summed E-state index contributed by atoms with van der Waals surface area (Å²) in [7, 11) is 0. The summed E-state index contributed by atoms with van der Waals surface area (Å²) >= 11 is 0. The molecule has 122 valence electrons. The topological polar surface area (TPSA) is 72.7 Å². The zero-order valence-corrected chi connectivity index (χ0v) is 13.3. The number of hydrogen-bond donors (Lipinski definition) is 1. The number of carbonyl (C=O) groups excluding carboxylic acids is 1. The highest BCUT2D eigenvalue weighted by Crippen LogP contribution is 2.13. The highest BCUT2D eigenvalue weighted by molar-refractivity contribution is 6.03. The van der Waals surface area contributed by atoms with Crippen LogP contribution in [0, 0.1) is 0 Å². The molecule has 0 atom stereocenters. The predicted octanol–water partition coefficient (Wildman–Crippen LogP) is 3.13. The lowest BCUT2D eigenvalue weighted by molar-refractivity contribution is 0.102. The summed E-state index contributed by atoms with van der Waals surface area (Å²) in [4.78, 5) is 25.0. The van der Waals surface area contributed by atoms with Crippen molar-refractivity contribution in [1.82, 2.24) is 19.5 Å². The van der Waals surface area contributed by atoms with Crippen molar-refractivity contribution < 1.29 is 4.79 Å². The third kappa shape index (κ3) is 3.23. The van der Waals surface area contributed by atoms with Crippen molar-refractivity contribution in [2.45, 2.75) is 6.54 Å². The molecule has 25 heavy (non-hydrogen) atoms. The Hall–Kier alpha value is -3.54. The Morgan fingerprint density at radius 2 is 1.76 bits per heavy atom. The predicted molar refractivity (Wildman–Crippen MR) is 95.3 cm³/mol. The van der Waals surface area contributed by atoms with Gasteiger partial charge in [0, 0.05) is 18.0 Å². The molecule has 6 heteroatoms. The Morgan fingerprint density at radius 3 is 2.56 bits per heavy atom. The van der Waals surface area contributed by atoms with Gasteiger partial charge in [-0.3, -0.25) is 4.79 Å². The van der Waals surface area contributed by atoms with Crippen LogP contribution in [0.25, 0.3) is 11.2 Å². The van der Waals surface area contributed by atoms with Crippen molar-refractivity contribution in [2.24, 2.45) is 0 Å². The molecule has 1 amide bonds. The fraction of sp³-hybridized carbons (Fsp3) is 0.0526. The van der Waals surface area contributed by atoms with Crippen LogP contribution < -0.4 is 5.32 Å². The van der Waals surface area contributed by atoms with Crippen molar-refractivity contribution in [3.63, 3.8) is 0 Å². The summed E-state index contributed by atoms with van der Waals surface area (Å²) < 4.78 is 1.98. The van der Waals surface area contributed by atoms with Gasteiger partial charge in [-0.15, -0.1) is 0 Å². The zero-order valence-electron chi connectivity index (χ0n) is 13.3. The van der Waals surface area contributed by atoms with Gasteiger partial charge in [0.25, 0.3) is 5.91 Å². The van der Waals surface area contributed by atoms with Crippen LogP contribution in [0.15, 0.2) is 73.3 Å². The first-order chi connectivity index (χ1) is 12.3. The molecule has 0 saturated heterocycles. The van der Waals surface area contributed by atoms with E-state index < -0.39 is 0 Å². The largest absolute Gasteiger partial charge is 0.311 e. The molecule has 3 aromatic heterocycles. The van der Waals surface area contributed by atoms with Crippen molar-refractivity contribution in [1.29, 1.82) is 0 Å². The molecule has 4 aromatic rings. The number of fused-ring (bicyclic) bond motifs is 1. The third-order valence-electron chi connectivity index (χ3n) is 3.85. The fourth-order valence-electron chi connectivity index (χ4n) is 2.60. The molecule has 0 bridgehead atoms. The number of anilines is 1. The van der Waals surface area contributed by atoms with Crippen LogP contribution in [0.3, 0.4) is 0 Å². The van der Waals surface area contributed by atoms with Crippen molar-refractivity contribution >= 4 is 22.9 Å². The average Bonchev–Trinajstić information content (AvgIpc) is 3.06. The lowest BCUT2D eigenvalue weighted by Crippen LogP contribution is -2.12. The minimum atomic E-state index is -0.181. The van der Waals surface area contributed by atoms with E-state index in [0.29, 0.717) is 17.9 Å². The summed E-state index contributed by atoms with van der Waals surface area (Å²) in [5, 5.41) is 2.77. The van der Waals surface area contributed by atoms with Crippen molar-refractivity contribution in [2.75, 3.05) is 5.32 Å². The maximum absolute atomic E-state index is 12.2. The van der Waals surface area contributed by atoms with Gasteiger partial charge in [0.05, 0.1) is 12.9 Å². The molecule has 0 unspecified atom stereocenters. The Balaban J connectivity index is 1.49. The lowest BCUT2D eigenvalue weighted by atomic mass is 10.1. The molecule has 3 heterocycles. The van der Waals surface area contributed by atoms with Gasteiger partial charge in [0.15, 0.2) is 5.65 Å². The van der Waals surface area contributed by atoms with Gasteiger partial charge in [-0.05, 0) is 42.0 Å². The van der Waals surface area contributed by atoms with Gasteiger partial charge in [-0.2, -0.15) is 0 Å².